The van der Waals surface area contributed by atoms with Crippen LogP contribution in [0.15, 0.2) is 24.3 Å². The second kappa shape index (κ2) is 3.78. The first kappa shape index (κ1) is 10.4. The zero-order valence-corrected chi connectivity index (χ0v) is 9.12. The Kier molecular flexibility index (Phi) is 2.61. The predicted octanol–water partition coefficient (Wildman–Crippen LogP) is 2.29. The summed E-state index contributed by atoms with van der Waals surface area (Å²) in [6.45, 7) is 2.03. The summed E-state index contributed by atoms with van der Waals surface area (Å²) in [5.74, 6) is 0.194. The number of nitrogens with two attached hydrogens (primary N) is 1. The molecule has 2 rings (SSSR count). The Hall–Kier alpha value is -1.15. The minimum atomic E-state index is -0.718. The third-order valence-corrected chi connectivity index (χ3v) is 3.26. The third kappa shape index (κ3) is 1.82. The van der Waals surface area contributed by atoms with Crippen LogP contribution in [0.5, 0.6) is 0 Å². The Morgan fingerprint density at radius 2 is 2.13 bits per heavy atom. The van der Waals surface area contributed by atoms with Crippen LogP contribution >= 0.6 is 0 Å². The number of benzene rings is 1. The Labute approximate surface area is 90.5 Å². The molecular weight excluding hydrogens is 186 g/mol. The molecule has 1 aromatic carbocycles. The summed E-state index contributed by atoms with van der Waals surface area (Å²) in [6.07, 6.45) is 3.46. The first-order valence-electron chi connectivity index (χ1n) is 5.52. The van der Waals surface area contributed by atoms with Crippen LogP contribution in [0.1, 0.15) is 36.8 Å². The standard InChI is InChI=1S/C13H17NO/c1-10-5-4-6-11(9-10)13(14)8-3-2-7-12(13)15/h4-6,9H,2-3,7-8,14H2,1H3. The van der Waals surface area contributed by atoms with Crippen molar-refractivity contribution in [1.29, 1.82) is 0 Å². The highest BCUT2D eigenvalue weighted by Gasteiger charge is 2.37. The topological polar surface area (TPSA) is 43.1 Å². The molecule has 0 aromatic heterocycles. The monoisotopic (exact) mass is 203 g/mol. The maximum Gasteiger partial charge on any atom is 0.157 e. The van der Waals surface area contributed by atoms with Crippen molar-refractivity contribution in [2.45, 2.75) is 38.1 Å². The molecule has 1 aromatic rings. The molecule has 1 atom stereocenters. The molecule has 1 fully saturated rings. The molecular formula is C13H17NO. The minimum Gasteiger partial charge on any atom is -0.315 e. The van der Waals surface area contributed by atoms with E-state index in [1.54, 1.807) is 0 Å². The number of carbonyl (C=O) groups is 1. The SMILES string of the molecule is Cc1cccc(C2(N)CCCCC2=O)c1. The maximum absolute atomic E-state index is 11.9. The number of hydrogen-bond acceptors (Lipinski definition) is 2. The van der Waals surface area contributed by atoms with Crippen molar-refractivity contribution >= 4 is 5.78 Å². The van der Waals surface area contributed by atoms with Gasteiger partial charge in [-0.1, -0.05) is 36.2 Å². The summed E-state index contributed by atoms with van der Waals surface area (Å²) in [4.78, 5) is 11.9. The van der Waals surface area contributed by atoms with Crippen LogP contribution in [0.4, 0.5) is 0 Å². The van der Waals surface area contributed by atoms with Gasteiger partial charge in [0.1, 0.15) is 5.54 Å². The molecule has 1 aliphatic rings. The summed E-state index contributed by atoms with van der Waals surface area (Å²) in [5.41, 5.74) is 7.67. The minimum absolute atomic E-state index is 0.194. The highest BCUT2D eigenvalue weighted by atomic mass is 16.1. The first-order valence-corrected chi connectivity index (χ1v) is 5.52. The van der Waals surface area contributed by atoms with Crippen molar-refractivity contribution in [2.24, 2.45) is 5.73 Å². The van der Waals surface area contributed by atoms with Gasteiger partial charge in [-0.2, -0.15) is 0 Å². The maximum atomic E-state index is 11.9. The van der Waals surface area contributed by atoms with E-state index in [0.717, 1.165) is 30.4 Å². The molecule has 80 valence electrons. The summed E-state index contributed by atoms with van der Waals surface area (Å²) in [6, 6.07) is 8.00. The fraction of sp³-hybridized carbons (Fsp3) is 0.462. The van der Waals surface area contributed by atoms with E-state index < -0.39 is 5.54 Å². The van der Waals surface area contributed by atoms with Crippen LogP contribution in [-0.4, -0.2) is 5.78 Å². The van der Waals surface area contributed by atoms with Crippen molar-refractivity contribution in [3.63, 3.8) is 0 Å². The van der Waals surface area contributed by atoms with Gasteiger partial charge >= 0.3 is 0 Å². The highest BCUT2D eigenvalue weighted by molar-refractivity contribution is 5.90. The number of ketones is 1. The molecule has 0 saturated heterocycles. The van der Waals surface area contributed by atoms with E-state index in [0.29, 0.717) is 6.42 Å². The molecule has 0 heterocycles. The molecule has 2 nitrogen and oxygen atoms in total. The lowest BCUT2D eigenvalue weighted by molar-refractivity contribution is -0.126. The van der Waals surface area contributed by atoms with E-state index in [4.69, 9.17) is 5.73 Å². The van der Waals surface area contributed by atoms with Gasteiger partial charge in [-0.3, -0.25) is 4.79 Å². The Morgan fingerprint density at radius 1 is 1.33 bits per heavy atom. The van der Waals surface area contributed by atoms with Gasteiger partial charge in [-0.15, -0.1) is 0 Å². The number of aryl methyl sites for hydroxylation is 1. The molecule has 0 bridgehead atoms. The van der Waals surface area contributed by atoms with Gasteiger partial charge in [0.2, 0.25) is 0 Å². The van der Waals surface area contributed by atoms with Crippen LogP contribution in [0.3, 0.4) is 0 Å². The molecule has 2 N–H and O–H groups in total. The Balaban J connectivity index is 2.39. The molecule has 1 aliphatic carbocycles. The molecule has 0 radical (unpaired) electrons. The summed E-state index contributed by atoms with van der Waals surface area (Å²) < 4.78 is 0. The molecule has 0 spiro atoms. The smallest absolute Gasteiger partial charge is 0.157 e. The van der Waals surface area contributed by atoms with Crippen molar-refractivity contribution in [3.05, 3.63) is 35.4 Å². The average Bonchev–Trinajstić information content (AvgIpc) is 2.23. The van der Waals surface area contributed by atoms with E-state index in [1.165, 1.54) is 0 Å². The van der Waals surface area contributed by atoms with Gasteiger partial charge in [0.05, 0.1) is 0 Å². The summed E-state index contributed by atoms with van der Waals surface area (Å²) >= 11 is 0. The second-order valence-corrected chi connectivity index (χ2v) is 4.47. The molecule has 1 saturated carbocycles. The molecule has 0 amide bonds. The van der Waals surface area contributed by atoms with Crippen LogP contribution in [-0.2, 0) is 10.3 Å². The van der Waals surface area contributed by atoms with Gasteiger partial charge in [-0.05, 0) is 25.3 Å². The van der Waals surface area contributed by atoms with Gasteiger partial charge in [0, 0.05) is 6.42 Å². The van der Waals surface area contributed by atoms with E-state index in [-0.39, 0.29) is 5.78 Å². The first-order chi connectivity index (χ1) is 7.13. The normalized spacial score (nSPS) is 26.7. The van der Waals surface area contributed by atoms with E-state index in [1.807, 2.05) is 31.2 Å². The number of hydrogen-bond donors (Lipinski definition) is 1. The van der Waals surface area contributed by atoms with Crippen LogP contribution in [0.25, 0.3) is 0 Å². The van der Waals surface area contributed by atoms with E-state index in [2.05, 4.69) is 0 Å². The second-order valence-electron chi connectivity index (χ2n) is 4.47. The van der Waals surface area contributed by atoms with Crippen LogP contribution in [0, 0.1) is 6.92 Å². The third-order valence-electron chi connectivity index (χ3n) is 3.26. The fourth-order valence-electron chi connectivity index (χ4n) is 2.28. The average molecular weight is 203 g/mol. The summed E-state index contributed by atoms with van der Waals surface area (Å²) in [5, 5.41) is 0. The molecule has 15 heavy (non-hydrogen) atoms. The Morgan fingerprint density at radius 3 is 2.80 bits per heavy atom. The van der Waals surface area contributed by atoms with Crippen molar-refractivity contribution < 1.29 is 4.79 Å². The number of carbonyl (C=O) groups excluding carboxylic acids is 1. The zero-order valence-electron chi connectivity index (χ0n) is 9.12. The molecule has 0 aliphatic heterocycles. The quantitative estimate of drug-likeness (QED) is 0.761. The van der Waals surface area contributed by atoms with Crippen LogP contribution < -0.4 is 5.73 Å². The van der Waals surface area contributed by atoms with Crippen LogP contribution in [0.2, 0.25) is 0 Å². The predicted molar refractivity (Wildman–Crippen MR) is 60.5 cm³/mol. The summed E-state index contributed by atoms with van der Waals surface area (Å²) in [7, 11) is 0. The van der Waals surface area contributed by atoms with Gasteiger partial charge in [-0.25, -0.2) is 0 Å². The lowest BCUT2D eigenvalue weighted by Crippen LogP contribution is -2.46. The Bertz CT molecular complexity index is 386. The zero-order chi connectivity index (χ0) is 10.9. The molecule has 2 heteroatoms. The van der Waals surface area contributed by atoms with Gasteiger partial charge in [0.25, 0.3) is 0 Å². The van der Waals surface area contributed by atoms with E-state index >= 15 is 0 Å². The van der Waals surface area contributed by atoms with Crippen molar-refractivity contribution in [1.82, 2.24) is 0 Å². The lowest BCUT2D eigenvalue weighted by Gasteiger charge is -2.32. The lowest BCUT2D eigenvalue weighted by atomic mass is 9.76. The highest BCUT2D eigenvalue weighted by Crippen LogP contribution is 2.32. The van der Waals surface area contributed by atoms with Crippen molar-refractivity contribution in [2.75, 3.05) is 0 Å². The number of rotatable bonds is 1. The molecule has 1 unspecified atom stereocenters. The van der Waals surface area contributed by atoms with Crippen molar-refractivity contribution in [3.8, 4) is 0 Å². The largest absolute Gasteiger partial charge is 0.315 e. The van der Waals surface area contributed by atoms with Gasteiger partial charge in [0.15, 0.2) is 5.78 Å². The van der Waals surface area contributed by atoms with Gasteiger partial charge < -0.3 is 5.73 Å². The number of Topliss-reactive ketones (excluding diaryl/α,β-unsaturated/α-hetero) is 1. The fourth-order valence-corrected chi connectivity index (χ4v) is 2.28. The van der Waals surface area contributed by atoms with E-state index in [9.17, 15) is 4.79 Å².